The van der Waals surface area contributed by atoms with Crippen LogP contribution in [0.15, 0.2) is 83.8 Å². The van der Waals surface area contributed by atoms with Crippen LogP contribution in [0.4, 0.5) is 10.5 Å². The summed E-state index contributed by atoms with van der Waals surface area (Å²) >= 11 is 0.860. The van der Waals surface area contributed by atoms with Crippen LogP contribution >= 0.6 is 11.8 Å². The van der Waals surface area contributed by atoms with E-state index in [1.807, 2.05) is 49.4 Å². The Hall–Kier alpha value is -4.17. The number of nitro benzene ring substituents is 1. The lowest BCUT2D eigenvalue weighted by Gasteiger charge is -2.12. The molecule has 3 aromatic carbocycles. The number of carbonyl (C=O) groups is 2. The molecule has 1 fully saturated rings. The summed E-state index contributed by atoms with van der Waals surface area (Å²) in [6, 6.07) is 24.3. The average Bonchev–Trinajstić information content (AvgIpc) is 3.28. The van der Waals surface area contributed by atoms with Crippen LogP contribution < -0.4 is 0 Å². The second-order valence-corrected chi connectivity index (χ2v) is 9.23. The summed E-state index contributed by atoms with van der Waals surface area (Å²) in [7, 11) is 0. The summed E-state index contributed by atoms with van der Waals surface area (Å²) in [4.78, 5) is 38.1. The molecule has 2 heterocycles. The number of amides is 2. The fraction of sp³-hybridized carbons (Fsp3) is 0.111. The first-order valence-corrected chi connectivity index (χ1v) is 11.8. The third kappa shape index (κ3) is 4.24. The number of hydrogen-bond acceptors (Lipinski definition) is 5. The summed E-state index contributed by atoms with van der Waals surface area (Å²) in [5, 5.41) is 11.9. The Morgan fingerprint density at radius 3 is 2.37 bits per heavy atom. The summed E-state index contributed by atoms with van der Waals surface area (Å²) < 4.78 is 2.20. The molecule has 1 aromatic heterocycles. The van der Waals surface area contributed by atoms with E-state index in [0.29, 0.717) is 17.0 Å². The standard InChI is InChI=1S/C27H21N3O4S/c1-18-22(21-12-6-8-14-24(21)28(18)16-19-9-3-2-4-10-19)15-25-26(31)29(27(32)35-25)17-20-11-5-7-13-23(20)30(33)34/h2-15H,16-17H2,1H3/b25-15-. The van der Waals surface area contributed by atoms with Gasteiger partial charge in [-0.1, -0.05) is 66.7 Å². The highest BCUT2D eigenvalue weighted by molar-refractivity contribution is 8.18. The van der Waals surface area contributed by atoms with Crippen molar-refractivity contribution in [3.63, 3.8) is 0 Å². The normalized spacial score (nSPS) is 14.9. The summed E-state index contributed by atoms with van der Waals surface area (Å²) in [5.41, 5.74) is 4.27. The van der Waals surface area contributed by atoms with Gasteiger partial charge in [0.05, 0.1) is 16.4 Å². The molecule has 5 rings (SSSR count). The van der Waals surface area contributed by atoms with Gasteiger partial charge in [0.25, 0.3) is 16.8 Å². The number of fused-ring (bicyclic) bond motifs is 1. The topological polar surface area (TPSA) is 85.5 Å². The van der Waals surface area contributed by atoms with E-state index in [9.17, 15) is 19.7 Å². The van der Waals surface area contributed by atoms with Crippen molar-refractivity contribution in [3.05, 3.63) is 116 Å². The SMILES string of the molecule is Cc1c(/C=C2\SC(=O)N(Cc3ccccc3[N+](=O)[O-])C2=O)c2ccccc2n1Cc1ccccc1. The lowest BCUT2D eigenvalue weighted by molar-refractivity contribution is -0.385. The summed E-state index contributed by atoms with van der Waals surface area (Å²) in [5.74, 6) is -0.447. The van der Waals surface area contributed by atoms with Crippen molar-refractivity contribution in [2.24, 2.45) is 0 Å². The molecule has 2 amide bonds. The van der Waals surface area contributed by atoms with Gasteiger partial charge in [0.2, 0.25) is 0 Å². The van der Waals surface area contributed by atoms with Gasteiger partial charge in [-0.25, -0.2) is 0 Å². The van der Waals surface area contributed by atoms with Gasteiger partial charge < -0.3 is 4.57 Å². The lowest BCUT2D eigenvalue weighted by atomic mass is 10.1. The molecule has 1 saturated heterocycles. The number of para-hydroxylation sites is 2. The molecule has 0 radical (unpaired) electrons. The van der Waals surface area contributed by atoms with Crippen LogP contribution in [0.3, 0.4) is 0 Å². The summed E-state index contributed by atoms with van der Waals surface area (Å²) in [6.45, 7) is 2.54. The van der Waals surface area contributed by atoms with Crippen LogP contribution in [0.2, 0.25) is 0 Å². The van der Waals surface area contributed by atoms with Crippen molar-refractivity contribution in [1.82, 2.24) is 9.47 Å². The molecule has 1 aliphatic rings. The van der Waals surface area contributed by atoms with Crippen molar-refractivity contribution in [2.75, 3.05) is 0 Å². The molecule has 35 heavy (non-hydrogen) atoms. The van der Waals surface area contributed by atoms with Crippen LogP contribution in [0.5, 0.6) is 0 Å². The van der Waals surface area contributed by atoms with E-state index in [0.717, 1.165) is 44.4 Å². The molecule has 0 spiro atoms. The van der Waals surface area contributed by atoms with Gasteiger partial charge in [0.1, 0.15) is 0 Å². The second kappa shape index (κ2) is 9.23. The Bertz CT molecular complexity index is 1510. The van der Waals surface area contributed by atoms with E-state index in [4.69, 9.17) is 0 Å². The van der Waals surface area contributed by atoms with E-state index in [1.165, 1.54) is 6.07 Å². The number of carbonyl (C=O) groups excluding carboxylic acids is 2. The molecule has 0 N–H and O–H groups in total. The number of aromatic nitrogens is 1. The van der Waals surface area contributed by atoms with Crippen molar-refractivity contribution >= 4 is 45.6 Å². The van der Waals surface area contributed by atoms with E-state index in [-0.39, 0.29) is 12.2 Å². The highest BCUT2D eigenvalue weighted by atomic mass is 32.2. The van der Waals surface area contributed by atoms with E-state index < -0.39 is 16.1 Å². The maximum absolute atomic E-state index is 13.2. The minimum absolute atomic E-state index is 0.115. The van der Waals surface area contributed by atoms with Gasteiger partial charge >= 0.3 is 0 Å². The summed E-state index contributed by atoms with van der Waals surface area (Å²) in [6.07, 6.45) is 1.77. The second-order valence-electron chi connectivity index (χ2n) is 8.24. The molecule has 8 heteroatoms. The third-order valence-electron chi connectivity index (χ3n) is 6.13. The Morgan fingerprint density at radius 1 is 0.914 bits per heavy atom. The van der Waals surface area contributed by atoms with Crippen LogP contribution in [-0.4, -0.2) is 25.5 Å². The van der Waals surface area contributed by atoms with Crippen molar-refractivity contribution < 1.29 is 14.5 Å². The number of imide groups is 1. The molecular weight excluding hydrogens is 462 g/mol. The highest BCUT2D eigenvalue weighted by Gasteiger charge is 2.36. The molecule has 0 aliphatic carbocycles. The molecule has 174 valence electrons. The molecule has 7 nitrogen and oxygen atoms in total. The molecule has 1 aliphatic heterocycles. The van der Waals surface area contributed by atoms with Gasteiger partial charge in [0, 0.05) is 40.3 Å². The number of nitrogens with zero attached hydrogens (tertiary/aromatic N) is 3. The quantitative estimate of drug-likeness (QED) is 0.187. The first kappa shape index (κ1) is 22.6. The van der Waals surface area contributed by atoms with Gasteiger partial charge in [0.15, 0.2) is 0 Å². The Kier molecular flexibility index (Phi) is 5.96. The monoisotopic (exact) mass is 483 g/mol. The van der Waals surface area contributed by atoms with Crippen LogP contribution in [0.25, 0.3) is 17.0 Å². The minimum Gasteiger partial charge on any atom is -0.340 e. The van der Waals surface area contributed by atoms with Crippen LogP contribution in [0.1, 0.15) is 22.4 Å². The zero-order valence-corrected chi connectivity index (χ0v) is 19.7. The third-order valence-corrected chi connectivity index (χ3v) is 7.04. The number of benzene rings is 3. The Morgan fingerprint density at radius 2 is 1.60 bits per heavy atom. The van der Waals surface area contributed by atoms with Crippen LogP contribution in [0, 0.1) is 17.0 Å². The van der Waals surface area contributed by atoms with E-state index in [2.05, 4.69) is 16.7 Å². The zero-order chi connectivity index (χ0) is 24.5. The number of rotatable bonds is 6. The van der Waals surface area contributed by atoms with Gasteiger partial charge in [-0.3, -0.25) is 24.6 Å². The highest BCUT2D eigenvalue weighted by Crippen LogP contribution is 2.37. The largest absolute Gasteiger partial charge is 0.340 e. The molecule has 0 unspecified atom stereocenters. The molecular formula is C27H21N3O4S. The first-order chi connectivity index (χ1) is 16.9. The van der Waals surface area contributed by atoms with Gasteiger partial charge in [-0.15, -0.1) is 0 Å². The predicted octanol–water partition coefficient (Wildman–Crippen LogP) is 6.14. The maximum atomic E-state index is 13.2. The number of thioether (sulfide) groups is 1. The maximum Gasteiger partial charge on any atom is 0.293 e. The molecule has 0 atom stereocenters. The molecule has 0 saturated carbocycles. The first-order valence-electron chi connectivity index (χ1n) is 11.0. The van der Waals surface area contributed by atoms with Crippen LogP contribution in [-0.2, 0) is 17.9 Å². The predicted molar refractivity (Wildman–Crippen MR) is 137 cm³/mol. The zero-order valence-electron chi connectivity index (χ0n) is 18.9. The van der Waals surface area contributed by atoms with Gasteiger partial charge in [-0.2, -0.15) is 0 Å². The fourth-order valence-electron chi connectivity index (χ4n) is 4.37. The van der Waals surface area contributed by atoms with Crippen molar-refractivity contribution in [1.29, 1.82) is 0 Å². The van der Waals surface area contributed by atoms with E-state index in [1.54, 1.807) is 24.3 Å². The average molecular weight is 484 g/mol. The van der Waals surface area contributed by atoms with E-state index >= 15 is 0 Å². The smallest absolute Gasteiger partial charge is 0.293 e. The lowest BCUT2D eigenvalue weighted by Crippen LogP contribution is -2.27. The Balaban J connectivity index is 1.51. The molecule has 0 bridgehead atoms. The van der Waals surface area contributed by atoms with Crippen molar-refractivity contribution in [2.45, 2.75) is 20.0 Å². The van der Waals surface area contributed by atoms with Crippen molar-refractivity contribution in [3.8, 4) is 0 Å². The number of hydrogen-bond donors (Lipinski definition) is 0. The Labute approximate surface area is 205 Å². The number of nitro groups is 1. The fourth-order valence-corrected chi connectivity index (χ4v) is 5.19. The minimum atomic E-state index is -0.505. The van der Waals surface area contributed by atoms with Gasteiger partial charge in [-0.05, 0) is 36.4 Å². The molecule has 4 aromatic rings.